The van der Waals surface area contributed by atoms with Gasteiger partial charge in [-0.1, -0.05) is 23.2 Å². The van der Waals surface area contributed by atoms with Crippen LogP contribution in [0.5, 0.6) is 5.75 Å². The molecule has 114 valence electrons. The van der Waals surface area contributed by atoms with Gasteiger partial charge in [0.1, 0.15) is 5.75 Å². The molecule has 8 heteroatoms. The predicted octanol–water partition coefficient (Wildman–Crippen LogP) is 3.40. The van der Waals surface area contributed by atoms with Crippen LogP contribution in [0.4, 0.5) is 0 Å². The minimum atomic E-state index is -0.248. The van der Waals surface area contributed by atoms with Gasteiger partial charge in [0, 0.05) is 22.8 Å². The number of nitrogens with one attached hydrogen (secondary N) is 1. The van der Waals surface area contributed by atoms with Gasteiger partial charge in [0.2, 0.25) is 0 Å². The summed E-state index contributed by atoms with van der Waals surface area (Å²) in [5.74, 6) is 0.172. The van der Waals surface area contributed by atoms with Crippen molar-refractivity contribution < 1.29 is 9.53 Å². The molecule has 1 N–H and O–H groups in total. The predicted molar refractivity (Wildman–Crippen MR) is 86.9 cm³/mol. The van der Waals surface area contributed by atoms with Gasteiger partial charge in [-0.15, -0.1) is 11.3 Å². The van der Waals surface area contributed by atoms with Crippen LogP contribution in [0.15, 0.2) is 36.0 Å². The number of rotatable bonds is 5. The maximum Gasteiger partial charge on any atom is 0.258 e. The summed E-state index contributed by atoms with van der Waals surface area (Å²) < 4.78 is 7.27. The molecule has 1 aromatic carbocycles. The van der Waals surface area contributed by atoms with Gasteiger partial charge in [0.25, 0.3) is 5.91 Å². The van der Waals surface area contributed by atoms with Crippen molar-refractivity contribution in [2.75, 3.05) is 6.61 Å². The summed E-state index contributed by atoms with van der Waals surface area (Å²) >= 11 is 13.3. The van der Waals surface area contributed by atoms with E-state index in [0.717, 1.165) is 10.7 Å². The number of amides is 1. The largest absolute Gasteiger partial charge is 0.482 e. The molecular formula is C14H11Cl2N3O2S. The fraction of sp³-hybridized carbons (Fsp3) is 0.143. The Bertz CT molecular complexity index is 787. The van der Waals surface area contributed by atoms with Gasteiger partial charge in [-0.2, -0.15) is 0 Å². The molecule has 5 nitrogen and oxygen atoms in total. The molecule has 0 spiro atoms. The highest BCUT2D eigenvalue weighted by Gasteiger charge is 2.08. The topological polar surface area (TPSA) is 55.6 Å². The first kappa shape index (κ1) is 15.1. The average Bonchev–Trinajstić information content (AvgIpc) is 3.05. The number of ether oxygens (including phenoxy) is 1. The number of hydrogen-bond donors (Lipinski definition) is 1. The average molecular weight is 356 g/mol. The number of imidazole rings is 1. The van der Waals surface area contributed by atoms with E-state index in [1.165, 1.54) is 0 Å². The molecular weight excluding hydrogens is 345 g/mol. The maximum atomic E-state index is 11.8. The zero-order chi connectivity index (χ0) is 15.5. The third-order valence-corrected chi connectivity index (χ3v) is 4.16. The summed E-state index contributed by atoms with van der Waals surface area (Å²) in [7, 11) is 0. The summed E-state index contributed by atoms with van der Waals surface area (Å²) in [5, 5.41) is 5.58. The number of fused-ring (bicyclic) bond motifs is 1. The molecule has 0 fully saturated rings. The molecule has 0 atom stereocenters. The summed E-state index contributed by atoms with van der Waals surface area (Å²) in [6.07, 6.45) is 3.80. The van der Waals surface area contributed by atoms with Crippen molar-refractivity contribution in [3.63, 3.8) is 0 Å². The molecule has 0 aliphatic rings. The van der Waals surface area contributed by atoms with Crippen molar-refractivity contribution >= 4 is 45.4 Å². The quantitative estimate of drug-likeness (QED) is 0.762. The molecule has 0 saturated heterocycles. The number of nitrogens with zero attached hydrogens (tertiary/aromatic N) is 2. The lowest BCUT2D eigenvalue weighted by Gasteiger charge is -2.08. The monoisotopic (exact) mass is 355 g/mol. The molecule has 3 rings (SSSR count). The molecule has 0 aliphatic heterocycles. The van der Waals surface area contributed by atoms with Crippen molar-refractivity contribution in [3.05, 3.63) is 51.7 Å². The fourth-order valence-corrected chi connectivity index (χ4v) is 3.02. The summed E-state index contributed by atoms with van der Waals surface area (Å²) in [6.45, 7) is 0.231. The van der Waals surface area contributed by atoms with Gasteiger partial charge in [-0.05, 0) is 18.2 Å². The van der Waals surface area contributed by atoms with E-state index in [2.05, 4.69) is 10.3 Å². The van der Waals surface area contributed by atoms with E-state index in [1.807, 2.05) is 22.2 Å². The van der Waals surface area contributed by atoms with Gasteiger partial charge in [0.05, 0.1) is 17.3 Å². The first-order chi connectivity index (χ1) is 10.6. The van der Waals surface area contributed by atoms with Gasteiger partial charge in [0.15, 0.2) is 11.6 Å². The van der Waals surface area contributed by atoms with Gasteiger partial charge < -0.3 is 10.1 Å². The molecule has 2 heterocycles. The number of halogens is 2. The number of hydrogen-bond acceptors (Lipinski definition) is 4. The summed E-state index contributed by atoms with van der Waals surface area (Å²) in [4.78, 5) is 17.1. The lowest BCUT2D eigenvalue weighted by molar-refractivity contribution is -0.123. The Balaban J connectivity index is 1.51. The Morgan fingerprint density at radius 2 is 2.27 bits per heavy atom. The number of thiazole rings is 1. The Morgan fingerprint density at radius 1 is 1.41 bits per heavy atom. The highest BCUT2D eigenvalue weighted by atomic mass is 35.5. The lowest BCUT2D eigenvalue weighted by atomic mass is 10.3. The summed E-state index contributed by atoms with van der Waals surface area (Å²) in [6, 6.07) is 4.84. The van der Waals surface area contributed by atoms with Crippen LogP contribution in [0.2, 0.25) is 10.0 Å². The second kappa shape index (κ2) is 6.56. The van der Waals surface area contributed by atoms with Crippen LogP contribution in [0.25, 0.3) is 4.96 Å². The first-order valence-corrected chi connectivity index (χ1v) is 8.01. The van der Waals surface area contributed by atoms with Crippen molar-refractivity contribution in [2.24, 2.45) is 0 Å². The SMILES string of the molecule is O=C(COc1ccc(Cl)cc1Cl)NCc1cn2ccsc2n1. The lowest BCUT2D eigenvalue weighted by Crippen LogP contribution is -2.28. The second-order valence-corrected chi connectivity index (χ2v) is 6.18. The highest BCUT2D eigenvalue weighted by Crippen LogP contribution is 2.27. The molecule has 0 bridgehead atoms. The molecule has 2 aromatic heterocycles. The molecule has 3 aromatic rings. The first-order valence-electron chi connectivity index (χ1n) is 6.37. The zero-order valence-electron chi connectivity index (χ0n) is 11.3. The van der Waals surface area contributed by atoms with E-state index in [1.54, 1.807) is 29.5 Å². The Labute approximate surface area is 140 Å². The fourth-order valence-electron chi connectivity index (χ4n) is 1.84. The van der Waals surface area contributed by atoms with Gasteiger partial charge in [-0.3, -0.25) is 9.20 Å². The third kappa shape index (κ3) is 3.52. The van der Waals surface area contributed by atoms with E-state index in [9.17, 15) is 4.79 Å². The molecule has 0 saturated carbocycles. The highest BCUT2D eigenvalue weighted by molar-refractivity contribution is 7.15. The minimum Gasteiger partial charge on any atom is -0.482 e. The van der Waals surface area contributed by atoms with Crippen LogP contribution in [0, 0.1) is 0 Å². The standard InChI is InChI=1S/C14H11Cl2N3O2S/c15-9-1-2-12(11(16)5-9)21-8-13(20)17-6-10-7-19-3-4-22-14(19)18-10/h1-5,7H,6,8H2,(H,17,20). The van der Waals surface area contributed by atoms with E-state index in [-0.39, 0.29) is 12.5 Å². The number of aromatic nitrogens is 2. The van der Waals surface area contributed by atoms with E-state index < -0.39 is 0 Å². The van der Waals surface area contributed by atoms with Crippen LogP contribution < -0.4 is 10.1 Å². The van der Waals surface area contributed by atoms with Crippen LogP contribution in [0.1, 0.15) is 5.69 Å². The van der Waals surface area contributed by atoms with Crippen molar-refractivity contribution in [3.8, 4) is 5.75 Å². The van der Waals surface area contributed by atoms with E-state index >= 15 is 0 Å². The Kier molecular flexibility index (Phi) is 4.52. The van der Waals surface area contributed by atoms with Gasteiger partial charge >= 0.3 is 0 Å². The van der Waals surface area contributed by atoms with Crippen LogP contribution in [-0.4, -0.2) is 21.9 Å². The maximum absolute atomic E-state index is 11.8. The zero-order valence-corrected chi connectivity index (χ0v) is 13.6. The second-order valence-electron chi connectivity index (χ2n) is 4.47. The van der Waals surface area contributed by atoms with Crippen molar-refractivity contribution in [1.82, 2.24) is 14.7 Å². The van der Waals surface area contributed by atoms with Crippen molar-refractivity contribution in [2.45, 2.75) is 6.54 Å². The van der Waals surface area contributed by atoms with Crippen LogP contribution in [-0.2, 0) is 11.3 Å². The third-order valence-electron chi connectivity index (χ3n) is 2.86. The van der Waals surface area contributed by atoms with E-state index in [0.29, 0.717) is 22.3 Å². The smallest absolute Gasteiger partial charge is 0.258 e. The van der Waals surface area contributed by atoms with Crippen molar-refractivity contribution in [1.29, 1.82) is 0 Å². The minimum absolute atomic E-state index is 0.121. The number of benzene rings is 1. The normalized spacial score (nSPS) is 10.8. The van der Waals surface area contributed by atoms with Crippen LogP contribution >= 0.6 is 34.5 Å². The number of carbonyl (C=O) groups excluding carboxylic acids is 1. The molecule has 0 unspecified atom stereocenters. The summed E-state index contributed by atoms with van der Waals surface area (Å²) in [5.41, 5.74) is 0.796. The Hall–Kier alpha value is -1.76. The van der Waals surface area contributed by atoms with Crippen LogP contribution in [0.3, 0.4) is 0 Å². The molecule has 1 amide bonds. The molecule has 0 aliphatic carbocycles. The molecule has 0 radical (unpaired) electrons. The van der Waals surface area contributed by atoms with E-state index in [4.69, 9.17) is 27.9 Å². The molecule has 22 heavy (non-hydrogen) atoms. The van der Waals surface area contributed by atoms with Gasteiger partial charge in [-0.25, -0.2) is 4.98 Å². The number of carbonyl (C=O) groups is 1. The Morgan fingerprint density at radius 3 is 3.05 bits per heavy atom.